The standard InChI is InChI=1S/C31H33N3O5/c1-31(30(36)32-19-21-10-6-5-7-11-21)20-33-24-13-9-8-12-23(24)18-25(33)29(35)34(31)17-16-22-14-15-26(37-2)28(39-4)27(22)38-3/h5-15,18H,16-17,19-20H2,1-4H3,(H,32,36)/t31-/m0/s1. The second-order valence-electron chi connectivity index (χ2n) is 9.82. The van der Waals surface area contributed by atoms with Gasteiger partial charge in [0.2, 0.25) is 11.7 Å². The quantitative estimate of drug-likeness (QED) is 0.348. The molecule has 2 heterocycles. The third kappa shape index (κ3) is 4.67. The Bertz CT molecular complexity index is 1510. The molecule has 202 valence electrons. The van der Waals surface area contributed by atoms with Gasteiger partial charge in [-0.3, -0.25) is 9.59 Å². The number of carbonyl (C=O) groups excluding carboxylic acids is 2. The lowest BCUT2D eigenvalue weighted by molar-refractivity contribution is -0.133. The van der Waals surface area contributed by atoms with E-state index in [9.17, 15) is 9.59 Å². The lowest BCUT2D eigenvalue weighted by atomic mass is 9.93. The smallest absolute Gasteiger partial charge is 0.271 e. The summed E-state index contributed by atoms with van der Waals surface area (Å²) in [5.41, 5.74) is 2.23. The summed E-state index contributed by atoms with van der Waals surface area (Å²) in [5.74, 6) is 1.20. The number of aromatic nitrogens is 1. The van der Waals surface area contributed by atoms with Gasteiger partial charge in [0, 0.05) is 29.6 Å². The van der Waals surface area contributed by atoms with Gasteiger partial charge >= 0.3 is 0 Å². The molecule has 0 fully saturated rings. The van der Waals surface area contributed by atoms with Gasteiger partial charge in [-0.05, 0) is 37.1 Å². The van der Waals surface area contributed by atoms with E-state index in [1.165, 1.54) is 0 Å². The number of hydrogen-bond donors (Lipinski definition) is 1. The zero-order valence-electron chi connectivity index (χ0n) is 22.7. The Morgan fingerprint density at radius 2 is 1.64 bits per heavy atom. The maximum atomic E-state index is 14.0. The molecule has 1 aliphatic rings. The summed E-state index contributed by atoms with van der Waals surface area (Å²) in [4.78, 5) is 29.6. The second-order valence-corrected chi connectivity index (χ2v) is 9.82. The molecular weight excluding hydrogens is 494 g/mol. The van der Waals surface area contributed by atoms with Crippen LogP contribution < -0.4 is 19.5 Å². The van der Waals surface area contributed by atoms with Gasteiger partial charge in [0.25, 0.3) is 5.91 Å². The Labute approximate surface area is 228 Å². The summed E-state index contributed by atoms with van der Waals surface area (Å²) in [6.07, 6.45) is 0.455. The molecule has 1 aromatic heterocycles. The number of ether oxygens (including phenoxy) is 3. The van der Waals surface area contributed by atoms with E-state index in [1.807, 2.05) is 84.3 Å². The van der Waals surface area contributed by atoms with Crippen molar-refractivity contribution in [3.63, 3.8) is 0 Å². The largest absolute Gasteiger partial charge is 0.493 e. The van der Waals surface area contributed by atoms with Gasteiger partial charge in [-0.2, -0.15) is 0 Å². The minimum Gasteiger partial charge on any atom is -0.493 e. The number of hydrogen-bond acceptors (Lipinski definition) is 5. The number of amides is 2. The van der Waals surface area contributed by atoms with Crippen LogP contribution in [0.25, 0.3) is 10.9 Å². The summed E-state index contributed by atoms with van der Waals surface area (Å²) >= 11 is 0. The second kappa shape index (κ2) is 10.7. The van der Waals surface area contributed by atoms with E-state index in [1.54, 1.807) is 26.2 Å². The van der Waals surface area contributed by atoms with Crippen molar-refractivity contribution in [3.8, 4) is 17.2 Å². The first-order chi connectivity index (χ1) is 18.9. The van der Waals surface area contributed by atoms with Gasteiger partial charge in [-0.25, -0.2) is 0 Å². The first kappa shape index (κ1) is 26.2. The highest BCUT2D eigenvalue weighted by atomic mass is 16.5. The van der Waals surface area contributed by atoms with Crippen LogP contribution in [0.15, 0.2) is 72.8 Å². The molecule has 0 aliphatic carbocycles. The molecule has 0 saturated heterocycles. The lowest BCUT2D eigenvalue weighted by Crippen LogP contribution is -2.64. The Morgan fingerprint density at radius 1 is 0.923 bits per heavy atom. The van der Waals surface area contributed by atoms with E-state index in [0.29, 0.717) is 49.0 Å². The maximum absolute atomic E-state index is 14.0. The van der Waals surface area contributed by atoms with Crippen molar-refractivity contribution in [3.05, 3.63) is 89.6 Å². The summed E-state index contributed by atoms with van der Waals surface area (Å²) in [6, 6.07) is 23.2. The predicted molar refractivity (Wildman–Crippen MR) is 149 cm³/mol. The molecule has 4 aromatic rings. The molecule has 8 heteroatoms. The summed E-state index contributed by atoms with van der Waals surface area (Å²) < 4.78 is 18.6. The van der Waals surface area contributed by atoms with Crippen molar-refractivity contribution in [1.29, 1.82) is 0 Å². The Hall–Kier alpha value is -4.46. The van der Waals surface area contributed by atoms with Crippen molar-refractivity contribution in [2.45, 2.75) is 32.0 Å². The number of fused-ring (bicyclic) bond motifs is 3. The Balaban J connectivity index is 1.50. The molecule has 8 nitrogen and oxygen atoms in total. The highest BCUT2D eigenvalue weighted by molar-refractivity contribution is 6.03. The molecule has 0 radical (unpaired) electrons. The van der Waals surface area contributed by atoms with Crippen molar-refractivity contribution in [2.75, 3.05) is 27.9 Å². The fourth-order valence-corrected chi connectivity index (χ4v) is 5.42. The number of rotatable bonds is 9. The maximum Gasteiger partial charge on any atom is 0.271 e. The van der Waals surface area contributed by atoms with Crippen molar-refractivity contribution in [1.82, 2.24) is 14.8 Å². The van der Waals surface area contributed by atoms with E-state index in [0.717, 1.165) is 22.0 Å². The van der Waals surface area contributed by atoms with Crippen LogP contribution in [-0.4, -0.2) is 54.7 Å². The normalized spacial score (nSPS) is 16.6. The molecular formula is C31H33N3O5. The van der Waals surface area contributed by atoms with E-state index in [2.05, 4.69) is 5.32 Å². The van der Waals surface area contributed by atoms with Crippen LogP contribution in [0, 0.1) is 0 Å². The van der Waals surface area contributed by atoms with Crippen LogP contribution >= 0.6 is 0 Å². The zero-order valence-corrected chi connectivity index (χ0v) is 22.7. The number of methoxy groups -OCH3 is 3. The number of nitrogens with zero attached hydrogens (tertiary/aromatic N) is 2. The lowest BCUT2D eigenvalue weighted by Gasteiger charge is -2.44. The first-order valence-corrected chi connectivity index (χ1v) is 12.9. The van der Waals surface area contributed by atoms with Gasteiger partial charge in [0.15, 0.2) is 11.5 Å². The first-order valence-electron chi connectivity index (χ1n) is 12.9. The van der Waals surface area contributed by atoms with Gasteiger partial charge in [-0.15, -0.1) is 0 Å². The monoisotopic (exact) mass is 527 g/mol. The van der Waals surface area contributed by atoms with Crippen molar-refractivity contribution >= 4 is 22.7 Å². The minimum absolute atomic E-state index is 0.186. The average Bonchev–Trinajstić information content (AvgIpc) is 3.34. The van der Waals surface area contributed by atoms with E-state index in [4.69, 9.17) is 14.2 Å². The molecule has 0 unspecified atom stereocenters. The summed E-state index contributed by atoms with van der Waals surface area (Å²) in [5, 5.41) is 4.05. The topological polar surface area (TPSA) is 82.0 Å². The third-order valence-electron chi connectivity index (χ3n) is 7.51. The van der Waals surface area contributed by atoms with Gasteiger partial charge in [-0.1, -0.05) is 54.6 Å². The Morgan fingerprint density at radius 3 is 2.36 bits per heavy atom. The van der Waals surface area contributed by atoms with E-state index in [-0.39, 0.29) is 11.8 Å². The van der Waals surface area contributed by atoms with Gasteiger partial charge < -0.3 is 29.0 Å². The number of para-hydroxylation sites is 1. The fourth-order valence-electron chi connectivity index (χ4n) is 5.42. The van der Waals surface area contributed by atoms with Crippen molar-refractivity contribution < 1.29 is 23.8 Å². The van der Waals surface area contributed by atoms with Crippen LogP contribution in [0.2, 0.25) is 0 Å². The molecule has 1 N–H and O–H groups in total. The molecule has 5 rings (SSSR count). The van der Waals surface area contributed by atoms with Crippen LogP contribution in [0.3, 0.4) is 0 Å². The van der Waals surface area contributed by atoms with Crippen LogP contribution in [0.1, 0.15) is 28.5 Å². The molecule has 1 atom stereocenters. The van der Waals surface area contributed by atoms with Crippen LogP contribution in [0.4, 0.5) is 0 Å². The molecule has 39 heavy (non-hydrogen) atoms. The molecule has 0 bridgehead atoms. The molecule has 1 aliphatic heterocycles. The number of nitrogens with one attached hydrogen (secondary N) is 1. The van der Waals surface area contributed by atoms with Gasteiger partial charge in [0.1, 0.15) is 11.2 Å². The highest BCUT2D eigenvalue weighted by Crippen LogP contribution is 2.40. The molecule has 0 spiro atoms. The summed E-state index contributed by atoms with van der Waals surface area (Å²) in [7, 11) is 4.71. The van der Waals surface area contributed by atoms with Crippen molar-refractivity contribution in [2.24, 2.45) is 0 Å². The average molecular weight is 528 g/mol. The zero-order chi connectivity index (χ0) is 27.6. The molecule has 0 saturated carbocycles. The fraction of sp³-hybridized carbons (Fsp3) is 0.290. The van der Waals surface area contributed by atoms with E-state index < -0.39 is 5.54 Å². The third-order valence-corrected chi connectivity index (χ3v) is 7.51. The predicted octanol–water partition coefficient (Wildman–Crippen LogP) is 4.44. The highest BCUT2D eigenvalue weighted by Gasteiger charge is 2.47. The number of carbonyl (C=O) groups is 2. The van der Waals surface area contributed by atoms with E-state index >= 15 is 0 Å². The van der Waals surface area contributed by atoms with Gasteiger partial charge in [0.05, 0.1) is 27.9 Å². The number of benzene rings is 3. The minimum atomic E-state index is -1.12. The van der Waals surface area contributed by atoms with Crippen LogP contribution in [-0.2, 0) is 24.3 Å². The van der Waals surface area contributed by atoms with Crippen LogP contribution in [0.5, 0.6) is 17.2 Å². The summed E-state index contributed by atoms with van der Waals surface area (Å²) in [6.45, 7) is 2.86. The molecule has 2 amide bonds. The SMILES string of the molecule is COc1ccc(CCN2C(=O)c3cc4ccccc4n3C[C@@]2(C)C(=O)NCc2ccccc2)c(OC)c1OC. The Kier molecular flexibility index (Phi) is 7.19. The molecule has 3 aromatic carbocycles.